The Morgan fingerprint density at radius 2 is 1.79 bits per heavy atom. The highest BCUT2D eigenvalue weighted by molar-refractivity contribution is 7.12. The molecule has 0 aliphatic heterocycles. The highest BCUT2D eigenvalue weighted by Gasteiger charge is 2.25. The summed E-state index contributed by atoms with van der Waals surface area (Å²) in [5.74, 6) is -0.454. The topological polar surface area (TPSA) is 76.0 Å². The average Bonchev–Trinajstić information content (AvgIpc) is 3.56. The quantitative estimate of drug-likeness (QED) is 0.370. The van der Waals surface area contributed by atoms with E-state index in [0.717, 1.165) is 23.2 Å². The zero-order valence-electron chi connectivity index (χ0n) is 19.3. The number of hydrogen-bond acceptors (Lipinski definition) is 4. The van der Waals surface area contributed by atoms with Crippen LogP contribution in [0.1, 0.15) is 34.6 Å². The molecule has 7 heteroatoms. The Hall–Kier alpha value is -3.71. The van der Waals surface area contributed by atoms with Crippen LogP contribution in [0.2, 0.25) is 0 Å². The first-order valence-corrected chi connectivity index (χ1v) is 12.2. The van der Waals surface area contributed by atoms with Crippen LogP contribution in [-0.2, 0) is 17.9 Å². The number of carbonyl (C=O) groups excluding carboxylic acids is 2. The van der Waals surface area contributed by atoms with Crippen molar-refractivity contribution in [1.29, 1.82) is 0 Å². The first-order valence-electron chi connectivity index (χ1n) is 11.3. The zero-order chi connectivity index (χ0) is 23.9. The van der Waals surface area contributed by atoms with E-state index < -0.39 is 6.04 Å². The van der Waals surface area contributed by atoms with Crippen LogP contribution in [0.3, 0.4) is 0 Å². The van der Waals surface area contributed by atoms with Crippen LogP contribution in [0.15, 0.2) is 84.5 Å². The molecule has 1 atom stereocenters. The van der Waals surface area contributed by atoms with Crippen LogP contribution in [0, 0.1) is 5.92 Å². The van der Waals surface area contributed by atoms with Crippen molar-refractivity contribution in [2.45, 2.75) is 33.0 Å². The maximum atomic E-state index is 13.0. The van der Waals surface area contributed by atoms with Gasteiger partial charge in [0.05, 0.1) is 11.4 Å². The molecule has 0 aliphatic rings. The summed E-state index contributed by atoms with van der Waals surface area (Å²) in [6.45, 7) is 4.95. The minimum absolute atomic E-state index is 0.0403. The Balaban J connectivity index is 1.43. The molecular formula is C27H28N4O2S. The van der Waals surface area contributed by atoms with Gasteiger partial charge in [0.15, 0.2) is 0 Å². The maximum Gasteiger partial charge on any atom is 0.262 e. The van der Waals surface area contributed by atoms with Crippen LogP contribution < -0.4 is 10.6 Å². The lowest BCUT2D eigenvalue weighted by atomic mass is 9.98. The second kappa shape index (κ2) is 10.9. The van der Waals surface area contributed by atoms with E-state index in [9.17, 15) is 9.59 Å². The first-order chi connectivity index (χ1) is 16.5. The van der Waals surface area contributed by atoms with Gasteiger partial charge in [0.1, 0.15) is 6.04 Å². The van der Waals surface area contributed by atoms with Crippen LogP contribution in [0.4, 0.5) is 0 Å². The summed E-state index contributed by atoms with van der Waals surface area (Å²) in [4.78, 5) is 26.1. The fourth-order valence-corrected chi connectivity index (χ4v) is 4.40. The molecule has 0 saturated heterocycles. The molecule has 174 valence electrons. The molecule has 6 nitrogen and oxygen atoms in total. The Morgan fingerprint density at radius 3 is 2.47 bits per heavy atom. The summed E-state index contributed by atoms with van der Waals surface area (Å²) < 4.78 is 1.89. The lowest BCUT2D eigenvalue weighted by Gasteiger charge is -2.22. The van der Waals surface area contributed by atoms with Crippen molar-refractivity contribution in [2.24, 2.45) is 5.92 Å². The molecule has 2 aromatic carbocycles. The highest BCUT2D eigenvalue weighted by atomic mass is 32.1. The molecule has 34 heavy (non-hydrogen) atoms. The summed E-state index contributed by atoms with van der Waals surface area (Å²) in [5.41, 5.74) is 4.33. The Kier molecular flexibility index (Phi) is 7.54. The van der Waals surface area contributed by atoms with Crippen LogP contribution >= 0.6 is 11.3 Å². The minimum Gasteiger partial charge on any atom is -0.350 e. The standard InChI is InChI=1S/C27H28N4O2S/c1-19(2)25(30-26(32)24-9-5-16-34-24)27(33)28-17-22-7-3-4-8-23(22)21-12-10-20(11-13-21)18-31-15-6-14-29-31/h3-16,19,25H,17-18H2,1-2H3,(H,28,33)(H,30,32). The van der Waals surface area contributed by atoms with Gasteiger partial charge in [-0.05, 0) is 45.7 Å². The predicted molar refractivity (Wildman–Crippen MR) is 135 cm³/mol. The van der Waals surface area contributed by atoms with Gasteiger partial charge in [-0.1, -0.05) is 68.4 Å². The molecule has 2 heterocycles. The monoisotopic (exact) mass is 472 g/mol. The number of amides is 2. The number of aromatic nitrogens is 2. The third-order valence-corrected chi connectivity index (χ3v) is 6.49. The van der Waals surface area contributed by atoms with Gasteiger partial charge < -0.3 is 10.6 Å². The second-order valence-corrected chi connectivity index (χ2v) is 9.40. The number of rotatable bonds is 9. The first kappa shape index (κ1) is 23.4. The van der Waals surface area contributed by atoms with E-state index in [-0.39, 0.29) is 17.7 Å². The highest BCUT2D eigenvalue weighted by Crippen LogP contribution is 2.24. The van der Waals surface area contributed by atoms with Crippen molar-refractivity contribution in [2.75, 3.05) is 0 Å². The van der Waals surface area contributed by atoms with Gasteiger partial charge in [0.2, 0.25) is 5.91 Å². The summed E-state index contributed by atoms with van der Waals surface area (Å²) in [7, 11) is 0. The van der Waals surface area contributed by atoms with Gasteiger partial charge in [-0.2, -0.15) is 5.10 Å². The van der Waals surface area contributed by atoms with Crippen molar-refractivity contribution in [1.82, 2.24) is 20.4 Å². The fraction of sp³-hybridized carbons (Fsp3) is 0.222. The number of carbonyl (C=O) groups is 2. The van der Waals surface area contributed by atoms with Crippen molar-refractivity contribution >= 4 is 23.2 Å². The van der Waals surface area contributed by atoms with Gasteiger partial charge in [0.25, 0.3) is 5.91 Å². The van der Waals surface area contributed by atoms with E-state index in [4.69, 9.17) is 0 Å². The van der Waals surface area contributed by atoms with Gasteiger partial charge in [-0.25, -0.2) is 0 Å². The SMILES string of the molecule is CC(C)C(NC(=O)c1cccs1)C(=O)NCc1ccccc1-c1ccc(Cn2cccn2)cc1. The number of benzene rings is 2. The summed E-state index contributed by atoms with van der Waals surface area (Å²) in [5, 5.41) is 12.0. The number of nitrogens with one attached hydrogen (secondary N) is 2. The van der Waals surface area contributed by atoms with E-state index in [1.165, 1.54) is 16.9 Å². The third-order valence-electron chi connectivity index (χ3n) is 5.62. The second-order valence-electron chi connectivity index (χ2n) is 8.45. The minimum atomic E-state index is -0.608. The molecule has 0 radical (unpaired) electrons. The molecule has 0 saturated carbocycles. The molecule has 2 amide bonds. The number of nitrogens with zero attached hydrogens (tertiary/aromatic N) is 2. The smallest absolute Gasteiger partial charge is 0.262 e. The van der Waals surface area contributed by atoms with E-state index in [2.05, 4.69) is 46.1 Å². The Bertz CT molecular complexity index is 1220. The molecule has 4 rings (SSSR count). The van der Waals surface area contributed by atoms with Gasteiger partial charge >= 0.3 is 0 Å². The summed E-state index contributed by atoms with van der Waals surface area (Å²) in [6, 6.07) is 21.3. The lowest BCUT2D eigenvalue weighted by molar-refractivity contribution is -0.124. The van der Waals surface area contributed by atoms with E-state index in [1.54, 1.807) is 12.3 Å². The molecule has 0 bridgehead atoms. The normalized spacial score (nSPS) is 11.9. The number of thiophene rings is 1. The van der Waals surface area contributed by atoms with Crippen LogP contribution in [0.25, 0.3) is 11.1 Å². The van der Waals surface area contributed by atoms with Gasteiger partial charge in [-0.15, -0.1) is 11.3 Å². The van der Waals surface area contributed by atoms with Crippen molar-refractivity contribution < 1.29 is 9.59 Å². The van der Waals surface area contributed by atoms with Crippen molar-refractivity contribution in [3.8, 4) is 11.1 Å². The van der Waals surface area contributed by atoms with Crippen molar-refractivity contribution in [3.63, 3.8) is 0 Å². The summed E-state index contributed by atoms with van der Waals surface area (Å²) >= 11 is 1.36. The van der Waals surface area contributed by atoms with E-state index in [1.807, 2.05) is 60.4 Å². The number of hydrogen-bond donors (Lipinski definition) is 2. The molecule has 4 aromatic rings. The molecule has 0 aliphatic carbocycles. The molecular weight excluding hydrogens is 444 g/mol. The van der Waals surface area contributed by atoms with Gasteiger partial charge in [-0.3, -0.25) is 14.3 Å². The summed E-state index contributed by atoms with van der Waals surface area (Å²) in [6.07, 6.45) is 3.72. The largest absolute Gasteiger partial charge is 0.350 e. The van der Waals surface area contributed by atoms with Crippen LogP contribution in [-0.4, -0.2) is 27.6 Å². The average molecular weight is 473 g/mol. The molecule has 2 aromatic heterocycles. The molecule has 1 unspecified atom stereocenters. The Morgan fingerprint density at radius 1 is 1.00 bits per heavy atom. The molecule has 0 spiro atoms. The maximum absolute atomic E-state index is 13.0. The third kappa shape index (κ3) is 5.80. The molecule has 2 N–H and O–H groups in total. The van der Waals surface area contributed by atoms with Crippen LogP contribution in [0.5, 0.6) is 0 Å². The Labute approximate surface area is 203 Å². The van der Waals surface area contributed by atoms with E-state index >= 15 is 0 Å². The lowest BCUT2D eigenvalue weighted by Crippen LogP contribution is -2.49. The predicted octanol–water partition coefficient (Wildman–Crippen LogP) is 4.73. The van der Waals surface area contributed by atoms with Gasteiger partial charge in [0, 0.05) is 18.9 Å². The molecule has 0 fully saturated rings. The fourth-order valence-electron chi connectivity index (χ4n) is 3.77. The van der Waals surface area contributed by atoms with E-state index in [0.29, 0.717) is 11.4 Å². The zero-order valence-corrected chi connectivity index (χ0v) is 20.1. The van der Waals surface area contributed by atoms with Crippen molar-refractivity contribution in [3.05, 3.63) is 101 Å².